The van der Waals surface area contributed by atoms with Crippen molar-refractivity contribution in [3.63, 3.8) is 0 Å². The molecule has 32 heavy (non-hydrogen) atoms. The van der Waals surface area contributed by atoms with Gasteiger partial charge in [-0.25, -0.2) is 0 Å². The second-order valence-electron chi connectivity index (χ2n) is 9.65. The van der Waals surface area contributed by atoms with Crippen molar-refractivity contribution in [2.45, 2.75) is 72.4 Å². The second-order valence-corrected chi connectivity index (χ2v) is 9.65. The number of aryl methyl sites for hydroxylation is 1. The molecular weight excluding hydrogens is 396 g/mol. The molecule has 0 radical (unpaired) electrons. The number of aromatic nitrogens is 1. The maximum atomic E-state index is 13.6. The normalized spacial score (nSPS) is 18.2. The van der Waals surface area contributed by atoms with Crippen LogP contribution in [0.15, 0.2) is 24.3 Å². The van der Waals surface area contributed by atoms with E-state index >= 15 is 0 Å². The van der Waals surface area contributed by atoms with Crippen LogP contribution >= 0.6 is 0 Å². The average molecular weight is 437 g/mol. The highest BCUT2D eigenvalue weighted by Gasteiger charge is 2.29. The van der Waals surface area contributed by atoms with Gasteiger partial charge in [0.1, 0.15) is 5.69 Å². The lowest BCUT2D eigenvalue weighted by atomic mass is 9.95. The number of likely N-dealkylation sites (N-methyl/N-ethyl adjacent to an activating group) is 1. The third-order valence-corrected chi connectivity index (χ3v) is 7.61. The van der Waals surface area contributed by atoms with Crippen LogP contribution in [0.25, 0.3) is 0 Å². The second kappa shape index (κ2) is 10.1. The van der Waals surface area contributed by atoms with Gasteiger partial charge in [0.05, 0.1) is 5.69 Å². The van der Waals surface area contributed by atoms with Crippen LogP contribution in [0.2, 0.25) is 0 Å². The fraction of sp³-hybridized carbons (Fsp3) is 0.593. The van der Waals surface area contributed by atoms with Gasteiger partial charge in [0.25, 0.3) is 5.91 Å². The Kier molecular flexibility index (Phi) is 7.24. The number of hydrogen-bond donors (Lipinski definition) is 1. The molecular formula is C27H40N4O. The van der Waals surface area contributed by atoms with Crippen molar-refractivity contribution in [2.75, 3.05) is 37.6 Å². The van der Waals surface area contributed by atoms with Crippen molar-refractivity contribution in [1.29, 1.82) is 0 Å². The molecule has 5 heteroatoms. The van der Waals surface area contributed by atoms with Gasteiger partial charge >= 0.3 is 0 Å². The van der Waals surface area contributed by atoms with E-state index in [4.69, 9.17) is 0 Å². The summed E-state index contributed by atoms with van der Waals surface area (Å²) in [7, 11) is 0. The van der Waals surface area contributed by atoms with Gasteiger partial charge in [0.2, 0.25) is 0 Å². The molecule has 4 rings (SSSR count). The molecule has 0 bridgehead atoms. The Bertz CT molecular complexity index is 933. The number of anilines is 1. The highest BCUT2D eigenvalue weighted by molar-refractivity contribution is 5.97. The van der Waals surface area contributed by atoms with Crippen molar-refractivity contribution in [2.24, 2.45) is 0 Å². The molecule has 1 saturated carbocycles. The Hall–Kier alpha value is -2.27. The first-order valence-electron chi connectivity index (χ1n) is 12.5. The van der Waals surface area contributed by atoms with Gasteiger partial charge in [-0.3, -0.25) is 4.79 Å². The topological polar surface area (TPSA) is 40.5 Å². The third kappa shape index (κ3) is 4.73. The summed E-state index contributed by atoms with van der Waals surface area (Å²) in [6.07, 6.45) is 5.95. The zero-order valence-electron chi connectivity index (χ0n) is 20.4. The molecule has 2 aromatic rings. The minimum atomic E-state index is 0.101. The van der Waals surface area contributed by atoms with E-state index in [1.54, 1.807) is 0 Å². The zero-order chi connectivity index (χ0) is 22.7. The van der Waals surface area contributed by atoms with E-state index in [1.165, 1.54) is 41.8 Å². The molecule has 1 aromatic carbocycles. The van der Waals surface area contributed by atoms with E-state index in [0.717, 1.165) is 63.4 Å². The van der Waals surface area contributed by atoms with Crippen molar-refractivity contribution in [3.8, 4) is 0 Å². The van der Waals surface area contributed by atoms with Crippen molar-refractivity contribution >= 4 is 11.6 Å². The number of piperazine rings is 1. The predicted molar refractivity (Wildman–Crippen MR) is 133 cm³/mol. The van der Waals surface area contributed by atoms with Crippen LogP contribution in [0.5, 0.6) is 0 Å². The number of amides is 1. The van der Waals surface area contributed by atoms with E-state index in [0.29, 0.717) is 6.04 Å². The van der Waals surface area contributed by atoms with Gasteiger partial charge in [-0.1, -0.05) is 50.5 Å². The lowest BCUT2D eigenvalue weighted by molar-refractivity contribution is 0.0918. The van der Waals surface area contributed by atoms with Crippen LogP contribution in [0.4, 0.5) is 5.69 Å². The largest absolute Gasteiger partial charge is 0.367 e. The SMILES string of the molecule is CCN1CCN(c2c(C)c(C(=O)NC3CCCCC3)n(Cc3ccccc3C)c2C)CC1. The molecule has 174 valence electrons. The van der Waals surface area contributed by atoms with E-state index in [-0.39, 0.29) is 5.91 Å². The highest BCUT2D eigenvalue weighted by atomic mass is 16.2. The monoisotopic (exact) mass is 436 g/mol. The van der Waals surface area contributed by atoms with Crippen molar-refractivity contribution in [3.05, 3.63) is 52.3 Å². The van der Waals surface area contributed by atoms with E-state index in [9.17, 15) is 4.79 Å². The summed E-state index contributed by atoms with van der Waals surface area (Å²) in [5.74, 6) is 0.101. The summed E-state index contributed by atoms with van der Waals surface area (Å²) in [5, 5.41) is 3.39. The molecule has 2 fully saturated rings. The first-order chi connectivity index (χ1) is 15.5. The third-order valence-electron chi connectivity index (χ3n) is 7.61. The summed E-state index contributed by atoms with van der Waals surface area (Å²) in [4.78, 5) is 18.6. The molecule has 0 atom stereocenters. The Balaban J connectivity index is 1.69. The molecule has 0 spiro atoms. The van der Waals surface area contributed by atoms with Gasteiger partial charge < -0.3 is 19.7 Å². The molecule has 1 N–H and O–H groups in total. The highest BCUT2D eigenvalue weighted by Crippen LogP contribution is 2.33. The van der Waals surface area contributed by atoms with Crippen LogP contribution in [-0.2, 0) is 6.54 Å². The summed E-state index contributed by atoms with van der Waals surface area (Å²) >= 11 is 0. The maximum absolute atomic E-state index is 13.6. The lowest BCUT2D eigenvalue weighted by Gasteiger charge is -2.36. The maximum Gasteiger partial charge on any atom is 0.268 e. The quantitative estimate of drug-likeness (QED) is 0.716. The Morgan fingerprint density at radius 2 is 1.69 bits per heavy atom. The minimum Gasteiger partial charge on any atom is -0.367 e. The van der Waals surface area contributed by atoms with E-state index in [1.807, 2.05) is 0 Å². The predicted octanol–water partition coefficient (Wildman–Crippen LogP) is 4.67. The molecule has 1 aliphatic carbocycles. The Morgan fingerprint density at radius 3 is 2.34 bits per heavy atom. The number of nitrogens with zero attached hydrogens (tertiary/aromatic N) is 3. The molecule has 2 aliphatic rings. The van der Waals surface area contributed by atoms with E-state index in [2.05, 4.69) is 71.6 Å². The van der Waals surface area contributed by atoms with Crippen LogP contribution in [0, 0.1) is 20.8 Å². The number of benzene rings is 1. The van der Waals surface area contributed by atoms with Crippen LogP contribution in [0.1, 0.15) is 71.9 Å². The van der Waals surface area contributed by atoms with Gasteiger partial charge in [0, 0.05) is 50.0 Å². The van der Waals surface area contributed by atoms with Crippen molar-refractivity contribution < 1.29 is 4.79 Å². The summed E-state index contributed by atoms with van der Waals surface area (Å²) < 4.78 is 2.28. The molecule has 1 saturated heterocycles. The molecule has 5 nitrogen and oxygen atoms in total. The molecule has 2 heterocycles. The molecule has 1 amide bonds. The minimum absolute atomic E-state index is 0.101. The van der Waals surface area contributed by atoms with Crippen LogP contribution < -0.4 is 10.2 Å². The number of rotatable bonds is 6. The Labute approximate surface area is 193 Å². The summed E-state index contributed by atoms with van der Waals surface area (Å²) in [6.45, 7) is 14.8. The summed E-state index contributed by atoms with van der Waals surface area (Å²) in [5.41, 5.74) is 7.01. The molecule has 0 unspecified atom stereocenters. The lowest BCUT2D eigenvalue weighted by Crippen LogP contribution is -2.46. The first kappa shape index (κ1) is 22.9. The van der Waals surface area contributed by atoms with Crippen LogP contribution in [-0.4, -0.2) is 54.1 Å². The standard InChI is InChI=1S/C27H40N4O/c1-5-29-15-17-30(18-16-29)25-21(3)26(27(32)28-24-13-7-6-8-14-24)31(22(25)4)19-23-12-10-9-11-20(23)2/h9-12,24H,5-8,13-19H2,1-4H3,(H,28,32). The first-order valence-corrected chi connectivity index (χ1v) is 12.5. The summed E-state index contributed by atoms with van der Waals surface area (Å²) in [6, 6.07) is 8.84. The fourth-order valence-corrected chi connectivity index (χ4v) is 5.58. The molecule has 1 aromatic heterocycles. The number of carbonyl (C=O) groups is 1. The number of carbonyl (C=O) groups excluding carboxylic acids is 1. The average Bonchev–Trinajstić information content (AvgIpc) is 3.05. The number of nitrogens with one attached hydrogen (secondary N) is 1. The van der Waals surface area contributed by atoms with Crippen LogP contribution in [0.3, 0.4) is 0 Å². The number of hydrogen-bond acceptors (Lipinski definition) is 3. The zero-order valence-corrected chi connectivity index (χ0v) is 20.4. The van der Waals surface area contributed by atoms with Crippen molar-refractivity contribution in [1.82, 2.24) is 14.8 Å². The van der Waals surface area contributed by atoms with Gasteiger partial charge in [0.15, 0.2) is 0 Å². The Morgan fingerprint density at radius 1 is 1.00 bits per heavy atom. The van der Waals surface area contributed by atoms with Gasteiger partial charge in [-0.2, -0.15) is 0 Å². The molecule has 1 aliphatic heterocycles. The fourth-order valence-electron chi connectivity index (χ4n) is 5.58. The van der Waals surface area contributed by atoms with Gasteiger partial charge in [-0.05, 0) is 51.3 Å². The smallest absolute Gasteiger partial charge is 0.268 e. The van der Waals surface area contributed by atoms with E-state index < -0.39 is 0 Å². The van der Waals surface area contributed by atoms with Gasteiger partial charge in [-0.15, -0.1) is 0 Å².